The van der Waals surface area contributed by atoms with Crippen molar-refractivity contribution in [1.29, 1.82) is 0 Å². The first-order chi connectivity index (χ1) is 11.6. The van der Waals surface area contributed by atoms with Crippen LogP contribution in [0.2, 0.25) is 5.02 Å². The van der Waals surface area contributed by atoms with Crippen molar-refractivity contribution in [2.45, 2.75) is 55.5 Å². The molecule has 0 saturated heterocycles. The molecular formula is C17H21ClN4OS. The first-order valence-corrected chi connectivity index (χ1v) is 9.52. The van der Waals surface area contributed by atoms with Gasteiger partial charge in [-0.05, 0) is 38.0 Å². The fourth-order valence-corrected chi connectivity index (χ4v) is 3.92. The maximum absolute atomic E-state index is 12.4. The highest BCUT2D eigenvalue weighted by Gasteiger charge is 2.22. The molecule has 1 unspecified atom stereocenters. The van der Waals surface area contributed by atoms with Crippen molar-refractivity contribution in [3.8, 4) is 5.69 Å². The zero-order chi connectivity index (χ0) is 16.9. The smallest absolute Gasteiger partial charge is 0.233 e. The second kappa shape index (κ2) is 8.03. The van der Waals surface area contributed by atoms with Gasteiger partial charge in [-0.15, -0.1) is 10.2 Å². The summed E-state index contributed by atoms with van der Waals surface area (Å²) in [5.74, 6) is 0.0625. The number of carbonyl (C=O) groups is 1. The standard InChI is InChI=1S/C17H21ClN4OS/c1-12(16(23)20-14-7-3-2-4-8-14)24-17-21-19-11-22(17)15-9-5-6-13(18)10-15/h5-6,9-12,14H,2-4,7-8H2,1H3,(H,20,23). The van der Waals surface area contributed by atoms with E-state index in [1.165, 1.54) is 31.0 Å². The van der Waals surface area contributed by atoms with Gasteiger partial charge in [-0.1, -0.05) is 48.7 Å². The second-order valence-electron chi connectivity index (χ2n) is 6.07. The molecule has 1 aliphatic rings. The molecule has 1 fully saturated rings. The summed E-state index contributed by atoms with van der Waals surface area (Å²) in [6.45, 7) is 1.90. The summed E-state index contributed by atoms with van der Waals surface area (Å²) in [6, 6.07) is 7.81. The molecular weight excluding hydrogens is 344 g/mol. The minimum atomic E-state index is -0.228. The number of aromatic nitrogens is 3. The molecule has 3 rings (SSSR count). The number of carbonyl (C=O) groups excluding carboxylic acids is 1. The molecule has 0 aliphatic heterocycles. The number of nitrogens with zero attached hydrogens (tertiary/aromatic N) is 3. The lowest BCUT2D eigenvalue weighted by atomic mass is 9.95. The van der Waals surface area contributed by atoms with E-state index in [4.69, 9.17) is 11.6 Å². The van der Waals surface area contributed by atoms with E-state index in [-0.39, 0.29) is 11.2 Å². The maximum Gasteiger partial charge on any atom is 0.233 e. The van der Waals surface area contributed by atoms with Crippen molar-refractivity contribution in [3.63, 3.8) is 0 Å². The first kappa shape index (κ1) is 17.3. The van der Waals surface area contributed by atoms with E-state index in [0.29, 0.717) is 16.2 Å². The molecule has 0 radical (unpaired) electrons. The number of hydrogen-bond acceptors (Lipinski definition) is 4. The average molecular weight is 365 g/mol. The van der Waals surface area contributed by atoms with E-state index >= 15 is 0 Å². The highest BCUT2D eigenvalue weighted by Crippen LogP contribution is 2.26. The minimum absolute atomic E-state index is 0.0625. The van der Waals surface area contributed by atoms with Crippen LogP contribution in [-0.4, -0.2) is 32.0 Å². The Labute approximate surface area is 151 Å². The Morgan fingerprint density at radius 2 is 2.17 bits per heavy atom. The van der Waals surface area contributed by atoms with E-state index < -0.39 is 0 Å². The van der Waals surface area contributed by atoms with Gasteiger partial charge in [-0.2, -0.15) is 0 Å². The first-order valence-electron chi connectivity index (χ1n) is 8.26. The molecule has 5 nitrogen and oxygen atoms in total. The molecule has 128 valence electrons. The Morgan fingerprint density at radius 1 is 1.38 bits per heavy atom. The predicted molar refractivity (Wildman–Crippen MR) is 96.7 cm³/mol. The van der Waals surface area contributed by atoms with Gasteiger partial charge in [0, 0.05) is 11.1 Å². The van der Waals surface area contributed by atoms with Crippen molar-refractivity contribution >= 4 is 29.3 Å². The van der Waals surface area contributed by atoms with Crippen molar-refractivity contribution < 1.29 is 4.79 Å². The average Bonchev–Trinajstić information content (AvgIpc) is 3.04. The molecule has 0 spiro atoms. The van der Waals surface area contributed by atoms with Gasteiger partial charge >= 0.3 is 0 Å². The molecule has 1 amide bonds. The normalized spacial score (nSPS) is 16.8. The third-order valence-electron chi connectivity index (χ3n) is 4.21. The highest BCUT2D eigenvalue weighted by molar-refractivity contribution is 8.00. The van der Waals surface area contributed by atoms with E-state index in [1.54, 1.807) is 6.33 Å². The molecule has 24 heavy (non-hydrogen) atoms. The summed E-state index contributed by atoms with van der Waals surface area (Å²) in [7, 11) is 0. The molecule has 0 bridgehead atoms. The van der Waals surface area contributed by atoms with Gasteiger partial charge < -0.3 is 5.32 Å². The molecule has 7 heteroatoms. The summed E-state index contributed by atoms with van der Waals surface area (Å²) < 4.78 is 1.85. The van der Waals surface area contributed by atoms with E-state index in [9.17, 15) is 4.79 Å². The van der Waals surface area contributed by atoms with E-state index in [1.807, 2.05) is 35.8 Å². The van der Waals surface area contributed by atoms with Crippen LogP contribution in [0.15, 0.2) is 35.7 Å². The van der Waals surface area contributed by atoms with Crippen molar-refractivity contribution in [2.24, 2.45) is 0 Å². The van der Waals surface area contributed by atoms with Gasteiger partial charge in [0.25, 0.3) is 0 Å². The maximum atomic E-state index is 12.4. The van der Waals surface area contributed by atoms with Gasteiger partial charge in [0.2, 0.25) is 5.91 Å². The summed E-state index contributed by atoms with van der Waals surface area (Å²) in [6.07, 6.45) is 7.49. The van der Waals surface area contributed by atoms with Crippen LogP contribution in [0.5, 0.6) is 0 Å². The molecule has 1 saturated carbocycles. The van der Waals surface area contributed by atoms with Crippen molar-refractivity contribution in [2.75, 3.05) is 0 Å². The molecule has 1 aromatic heterocycles. The topological polar surface area (TPSA) is 59.8 Å². The van der Waals surface area contributed by atoms with Crippen LogP contribution in [-0.2, 0) is 4.79 Å². The Bertz CT molecular complexity index is 699. The Kier molecular flexibility index (Phi) is 5.79. The minimum Gasteiger partial charge on any atom is -0.352 e. The van der Waals surface area contributed by atoms with Gasteiger partial charge in [0.05, 0.1) is 10.9 Å². The highest BCUT2D eigenvalue weighted by atomic mass is 35.5. The lowest BCUT2D eigenvalue weighted by Gasteiger charge is -2.24. The fourth-order valence-electron chi connectivity index (χ4n) is 2.88. The van der Waals surface area contributed by atoms with Crippen LogP contribution in [0.25, 0.3) is 5.69 Å². The Morgan fingerprint density at radius 3 is 2.92 bits per heavy atom. The van der Waals surface area contributed by atoms with Crippen LogP contribution in [0, 0.1) is 0 Å². The fraction of sp³-hybridized carbons (Fsp3) is 0.471. The second-order valence-corrected chi connectivity index (χ2v) is 7.81. The molecule has 1 N–H and O–H groups in total. The number of nitrogens with one attached hydrogen (secondary N) is 1. The van der Waals surface area contributed by atoms with Gasteiger partial charge in [-0.3, -0.25) is 9.36 Å². The van der Waals surface area contributed by atoms with Crippen LogP contribution in [0.1, 0.15) is 39.0 Å². The van der Waals surface area contributed by atoms with Gasteiger partial charge in [-0.25, -0.2) is 0 Å². The Hall–Kier alpha value is -1.53. The molecule has 2 aromatic rings. The van der Waals surface area contributed by atoms with Gasteiger partial charge in [0.15, 0.2) is 5.16 Å². The van der Waals surface area contributed by atoms with Crippen LogP contribution in [0.3, 0.4) is 0 Å². The lowest BCUT2D eigenvalue weighted by molar-refractivity contribution is -0.121. The van der Waals surface area contributed by atoms with Gasteiger partial charge in [0.1, 0.15) is 6.33 Å². The van der Waals surface area contributed by atoms with E-state index in [2.05, 4.69) is 15.5 Å². The van der Waals surface area contributed by atoms with Crippen LogP contribution in [0.4, 0.5) is 0 Å². The number of thioether (sulfide) groups is 1. The van der Waals surface area contributed by atoms with Crippen molar-refractivity contribution in [3.05, 3.63) is 35.6 Å². The quantitative estimate of drug-likeness (QED) is 0.818. The molecule has 1 aliphatic carbocycles. The number of amides is 1. The molecule has 1 heterocycles. The lowest BCUT2D eigenvalue weighted by Crippen LogP contribution is -2.40. The van der Waals surface area contributed by atoms with Crippen LogP contribution < -0.4 is 5.32 Å². The van der Waals surface area contributed by atoms with E-state index in [0.717, 1.165) is 18.5 Å². The number of benzene rings is 1. The number of rotatable bonds is 5. The summed E-state index contributed by atoms with van der Waals surface area (Å²) in [5.41, 5.74) is 0.884. The third kappa shape index (κ3) is 4.30. The number of halogens is 1. The molecule has 1 aromatic carbocycles. The summed E-state index contributed by atoms with van der Waals surface area (Å²) >= 11 is 7.46. The predicted octanol–water partition coefficient (Wildman–Crippen LogP) is 3.85. The zero-order valence-corrected chi connectivity index (χ0v) is 15.2. The molecule has 1 atom stereocenters. The largest absolute Gasteiger partial charge is 0.352 e. The SMILES string of the molecule is CC(Sc1nncn1-c1cccc(Cl)c1)C(=O)NC1CCCCC1. The van der Waals surface area contributed by atoms with Crippen molar-refractivity contribution in [1.82, 2.24) is 20.1 Å². The van der Waals surface area contributed by atoms with Crippen LogP contribution >= 0.6 is 23.4 Å². The summed E-state index contributed by atoms with van der Waals surface area (Å²) in [5, 5.41) is 12.4. The summed E-state index contributed by atoms with van der Waals surface area (Å²) in [4.78, 5) is 12.4. The third-order valence-corrected chi connectivity index (χ3v) is 5.50. The zero-order valence-electron chi connectivity index (χ0n) is 13.6. The Balaban J connectivity index is 1.65. The monoisotopic (exact) mass is 364 g/mol. The number of hydrogen-bond donors (Lipinski definition) is 1.